The molecule has 2 aliphatic rings. The summed E-state index contributed by atoms with van der Waals surface area (Å²) in [4.78, 5) is 24.8. The number of carbonyl (C=O) groups is 1. The third-order valence-electron chi connectivity index (χ3n) is 6.26. The van der Waals surface area contributed by atoms with Gasteiger partial charge in [0.2, 0.25) is 11.7 Å². The molecule has 1 aliphatic carbocycles. The number of nitrogens with zero attached hydrogens (tertiary/aromatic N) is 5. The zero-order valence-electron chi connectivity index (χ0n) is 18.4. The molecule has 0 unspecified atom stereocenters. The van der Waals surface area contributed by atoms with Crippen LogP contribution in [0.3, 0.4) is 0 Å². The molecule has 4 aromatic rings. The molecule has 8 heteroatoms. The van der Waals surface area contributed by atoms with E-state index in [0.29, 0.717) is 29.1 Å². The van der Waals surface area contributed by atoms with Crippen molar-refractivity contribution in [2.24, 2.45) is 0 Å². The van der Waals surface area contributed by atoms with Gasteiger partial charge in [0.05, 0.1) is 22.6 Å². The second-order valence-electron chi connectivity index (χ2n) is 8.97. The molecule has 0 bridgehead atoms. The highest BCUT2D eigenvalue weighted by atomic mass is 32.2. The van der Waals surface area contributed by atoms with Gasteiger partial charge in [-0.25, -0.2) is 4.98 Å². The van der Waals surface area contributed by atoms with Crippen LogP contribution >= 0.6 is 11.8 Å². The Morgan fingerprint density at radius 2 is 1.82 bits per heavy atom. The number of rotatable bonds is 4. The lowest BCUT2D eigenvalue weighted by Gasteiger charge is -2.43. The van der Waals surface area contributed by atoms with Crippen LogP contribution in [0.2, 0.25) is 0 Å². The standard InChI is InChI=1S/C25H23N5O2S/c1-25(2)21-20(22-27-23(32-28-22)17-12-13-17)26-15-29(21)18-10-6-7-11-19(18)30(25)24(31)33-14-16-8-4-3-5-9-16/h3-11,15,17H,12-14H2,1-2H3. The first-order chi connectivity index (χ1) is 16.0. The van der Waals surface area contributed by atoms with Crippen LogP contribution < -0.4 is 4.90 Å². The fraction of sp³-hybridized carbons (Fsp3) is 0.280. The summed E-state index contributed by atoms with van der Waals surface area (Å²) in [6, 6.07) is 18.0. The predicted molar refractivity (Wildman–Crippen MR) is 127 cm³/mol. The van der Waals surface area contributed by atoms with Gasteiger partial charge in [0, 0.05) is 11.7 Å². The highest BCUT2D eigenvalue weighted by molar-refractivity contribution is 8.13. The molecule has 0 saturated heterocycles. The molecule has 1 fully saturated rings. The molecule has 1 aliphatic heterocycles. The molecule has 3 heterocycles. The van der Waals surface area contributed by atoms with Crippen molar-refractivity contribution >= 4 is 22.7 Å². The monoisotopic (exact) mass is 457 g/mol. The van der Waals surface area contributed by atoms with Crippen LogP contribution in [0.15, 0.2) is 65.4 Å². The van der Waals surface area contributed by atoms with Crippen LogP contribution in [0.4, 0.5) is 10.5 Å². The summed E-state index contributed by atoms with van der Waals surface area (Å²) in [5.41, 5.74) is 3.72. The molecule has 0 spiro atoms. The summed E-state index contributed by atoms with van der Waals surface area (Å²) < 4.78 is 7.55. The first kappa shape index (κ1) is 20.2. The van der Waals surface area contributed by atoms with E-state index in [1.165, 1.54) is 11.8 Å². The van der Waals surface area contributed by atoms with Gasteiger partial charge in [-0.3, -0.25) is 14.3 Å². The number of carbonyl (C=O) groups excluding carboxylic acids is 1. The van der Waals surface area contributed by atoms with Crippen molar-refractivity contribution in [3.63, 3.8) is 0 Å². The molecule has 2 aromatic heterocycles. The number of thioether (sulfide) groups is 1. The van der Waals surface area contributed by atoms with E-state index in [-0.39, 0.29) is 5.24 Å². The minimum atomic E-state index is -0.679. The maximum atomic E-state index is 13.6. The molecule has 7 nitrogen and oxygen atoms in total. The normalized spacial score (nSPS) is 16.4. The maximum absolute atomic E-state index is 13.6. The molecule has 0 atom stereocenters. The van der Waals surface area contributed by atoms with Crippen molar-refractivity contribution in [2.75, 3.05) is 4.90 Å². The summed E-state index contributed by atoms with van der Waals surface area (Å²) >= 11 is 1.30. The third kappa shape index (κ3) is 3.36. The van der Waals surface area contributed by atoms with Crippen molar-refractivity contribution < 1.29 is 9.32 Å². The number of amides is 1. The van der Waals surface area contributed by atoms with Crippen LogP contribution in [-0.2, 0) is 11.3 Å². The SMILES string of the molecule is CC1(C)c2c(-c3noc(C4CC4)n3)ncn2-c2ccccc2N1C(=O)SCc1ccccc1. The second-order valence-corrected chi connectivity index (χ2v) is 9.89. The van der Waals surface area contributed by atoms with E-state index in [4.69, 9.17) is 4.52 Å². The molecular formula is C25H23N5O2S. The molecule has 2 aromatic carbocycles. The van der Waals surface area contributed by atoms with E-state index >= 15 is 0 Å². The fourth-order valence-corrected chi connectivity index (χ4v) is 5.42. The Bertz CT molecular complexity index is 1340. The highest BCUT2D eigenvalue weighted by Gasteiger charge is 2.44. The zero-order valence-corrected chi connectivity index (χ0v) is 19.2. The molecule has 0 N–H and O–H groups in total. The molecule has 0 radical (unpaired) electrons. The molecule has 166 valence electrons. The van der Waals surface area contributed by atoms with E-state index in [2.05, 4.69) is 15.1 Å². The predicted octanol–water partition coefficient (Wildman–Crippen LogP) is 5.91. The average molecular weight is 458 g/mol. The van der Waals surface area contributed by atoms with Gasteiger partial charge >= 0.3 is 0 Å². The third-order valence-corrected chi connectivity index (χ3v) is 7.16. The Kier molecular flexibility index (Phi) is 4.65. The van der Waals surface area contributed by atoms with Gasteiger partial charge in [-0.05, 0) is 44.4 Å². The van der Waals surface area contributed by atoms with Crippen molar-refractivity contribution in [3.8, 4) is 17.2 Å². The van der Waals surface area contributed by atoms with Crippen LogP contribution in [0.25, 0.3) is 17.2 Å². The zero-order chi connectivity index (χ0) is 22.6. The quantitative estimate of drug-likeness (QED) is 0.379. The molecule has 33 heavy (non-hydrogen) atoms. The van der Waals surface area contributed by atoms with E-state index in [9.17, 15) is 4.79 Å². The van der Waals surface area contributed by atoms with Crippen LogP contribution in [0, 0.1) is 0 Å². The molecule has 1 amide bonds. The Balaban J connectivity index is 1.42. The topological polar surface area (TPSA) is 77.1 Å². The smallest absolute Gasteiger partial charge is 0.287 e. The van der Waals surface area contributed by atoms with E-state index in [1.54, 1.807) is 6.33 Å². The lowest BCUT2D eigenvalue weighted by atomic mass is 9.92. The Morgan fingerprint density at radius 3 is 2.58 bits per heavy atom. The number of para-hydroxylation sites is 2. The number of benzene rings is 2. The Hall–Kier alpha value is -3.39. The summed E-state index contributed by atoms with van der Waals surface area (Å²) in [7, 11) is 0. The summed E-state index contributed by atoms with van der Waals surface area (Å²) in [5, 5.41) is 4.21. The van der Waals surface area contributed by atoms with E-state index in [0.717, 1.165) is 35.5 Å². The fourth-order valence-electron chi connectivity index (χ4n) is 4.48. The average Bonchev–Trinajstić information content (AvgIpc) is 3.37. The highest BCUT2D eigenvalue weighted by Crippen LogP contribution is 2.47. The van der Waals surface area contributed by atoms with Crippen molar-refractivity contribution in [1.29, 1.82) is 0 Å². The van der Waals surface area contributed by atoms with Crippen LogP contribution in [0.1, 0.15) is 49.8 Å². The minimum absolute atomic E-state index is 0.0125. The number of anilines is 1. The second kappa shape index (κ2) is 7.59. The largest absolute Gasteiger partial charge is 0.339 e. The van der Waals surface area contributed by atoms with Gasteiger partial charge in [-0.15, -0.1) is 0 Å². The Morgan fingerprint density at radius 1 is 1.09 bits per heavy atom. The number of hydrogen-bond acceptors (Lipinski definition) is 6. The number of aromatic nitrogens is 4. The first-order valence-electron chi connectivity index (χ1n) is 11.1. The minimum Gasteiger partial charge on any atom is -0.339 e. The first-order valence-corrected chi connectivity index (χ1v) is 12.0. The van der Waals surface area contributed by atoms with Gasteiger partial charge in [0.1, 0.15) is 12.0 Å². The lowest BCUT2D eigenvalue weighted by Crippen LogP contribution is -2.48. The summed E-state index contributed by atoms with van der Waals surface area (Å²) in [6.45, 7) is 4.09. The molecular weight excluding hydrogens is 434 g/mol. The Labute approximate surface area is 195 Å². The van der Waals surface area contributed by atoms with E-state index in [1.807, 2.05) is 77.9 Å². The van der Waals surface area contributed by atoms with Gasteiger partial charge < -0.3 is 4.52 Å². The number of hydrogen-bond donors (Lipinski definition) is 0. The van der Waals surface area contributed by atoms with Crippen molar-refractivity contribution in [1.82, 2.24) is 19.7 Å². The maximum Gasteiger partial charge on any atom is 0.287 e. The lowest BCUT2D eigenvalue weighted by molar-refractivity contribution is 0.258. The van der Waals surface area contributed by atoms with Crippen molar-refractivity contribution in [3.05, 3.63) is 78.1 Å². The molecule has 1 saturated carbocycles. The number of fused-ring (bicyclic) bond motifs is 3. The van der Waals surface area contributed by atoms with Gasteiger partial charge in [0.25, 0.3) is 5.24 Å². The van der Waals surface area contributed by atoms with Crippen LogP contribution in [-0.4, -0.2) is 24.9 Å². The van der Waals surface area contributed by atoms with Crippen molar-refractivity contribution in [2.45, 2.75) is 43.9 Å². The summed E-state index contributed by atoms with van der Waals surface area (Å²) in [5.74, 6) is 2.12. The van der Waals surface area contributed by atoms with Gasteiger partial charge in [-0.1, -0.05) is 59.4 Å². The van der Waals surface area contributed by atoms with Gasteiger partial charge in [-0.2, -0.15) is 4.98 Å². The summed E-state index contributed by atoms with van der Waals surface area (Å²) in [6.07, 6.45) is 3.96. The van der Waals surface area contributed by atoms with E-state index < -0.39 is 5.54 Å². The van der Waals surface area contributed by atoms with Gasteiger partial charge in [0.15, 0.2) is 0 Å². The van der Waals surface area contributed by atoms with Crippen LogP contribution in [0.5, 0.6) is 0 Å². The number of imidazole rings is 1. The molecule has 6 rings (SSSR count).